The fraction of sp³-hybridized carbons (Fsp3) is 0.176. The van der Waals surface area contributed by atoms with Crippen LogP contribution in [0, 0.1) is 12.7 Å². The molecule has 0 saturated carbocycles. The lowest BCUT2D eigenvalue weighted by molar-refractivity contribution is -0.116. The van der Waals surface area contributed by atoms with E-state index in [1.807, 2.05) is 24.3 Å². The molecular weight excluding hydrogens is 389 g/mol. The molecule has 0 aliphatic heterocycles. The molecule has 1 heterocycles. The Bertz CT molecular complexity index is 912. The summed E-state index contributed by atoms with van der Waals surface area (Å²) in [5, 5.41) is 13.8. The number of carbonyl (C=O) groups is 1. The summed E-state index contributed by atoms with van der Waals surface area (Å²) >= 11 is 3.45. The van der Waals surface area contributed by atoms with Gasteiger partial charge in [-0.2, -0.15) is 4.68 Å². The molecule has 0 fully saturated rings. The van der Waals surface area contributed by atoms with Crippen molar-refractivity contribution in [1.82, 2.24) is 20.2 Å². The molecule has 6 nitrogen and oxygen atoms in total. The minimum atomic E-state index is -0.510. The lowest BCUT2D eigenvalue weighted by atomic mass is 10.1. The summed E-state index contributed by atoms with van der Waals surface area (Å²) in [6, 6.07) is 12.0. The van der Waals surface area contributed by atoms with Crippen LogP contribution in [0.2, 0.25) is 0 Å². The predicted molar refractivity (Wildman–Crippen MR) is 94.9 cm³/mol. The molecule has 0 unspecified atom stereocenters. The molecule has 0 spiro atoms. The van der Waals surface area contributed by atoms with Crippen LogP contribution in [0.3, 0.4) is 0 Å². The molecule has 0 radical (unpaired) electrons. The van der Waals surface area contributed by atoms with Gasteiger partial charge in [-0.3, -0.25) is 4.79 Å². The third kappa shape index (κ3) is 4.08. The summed E-state index contributed by atoms with van der Waals surface area (Å²) < 4.78 is 16.4. The zero-order valence-electron chi connectivity index (χ0n) is 13.4. The summed E-state index contributed by atoms with van der Waals surface area (Å²) in [6.45, 7) is 1.74. The van der Waals surface area contributed by atoms with E-state index in [1.54, 1.807) is 13.0 Å². The zero-order valence-corrected chi connectivity index (χ0v) is 15.0. The van der Waals surface area contributed by atoms with Crippen LogP contribution in [0.1, 0.15) is 17.8 Å². The Morgan fingerprint density at radius 3 is 2.80 bits per heavy atom. The van der Waals surface area contributed by atoms with Crippen molar-refractivity contribution < 1.29 is 9.18 Å². The Morgan fingerprint density at radius 1 is 1.28 bits per heavy atom. The third-order valence-corrected chi connectivity index (χ3v) is 4.45. The van der Waals surface area contributed by atoms with Crippen LogP contribution in [0.5, 0.6) is 0 Å². The average Bonchev–Trinajstić information content (AvgIpc) is 3.02. The van der Waals surface area contributed by atoms with Crippen molar-refractivity contribution in [3.8, 4) is 5.69 Å². The lowest BCUT2D eigenvalue weighted by Gasteiger charge is -2.09. The molecule has 0 saturated heterocycles. The molecule has 1 N–H and O–H groups in total. The van der Waals surface area contributed by atoms with Gasteiger partial charge in [0, 0.05) is 10.9 Å². The number of nitrogens with one attached hydrogen (secondary N) is 1. The van der Waals surface area contributed by atoms with E-state index in [4.69, 9.17) is 0 Å². The molecule has 1 aromatic heterocycles. The first-order valence-electron chi connectivity index (χ1n) is 7.63. The summed E-state index contributed by atoms with van der Waals surface area (Å²) in [7, 11) is 0. The number of hydrogen-bond acceptors (Lipinski definition) is 4. The molecule has 0 aliphatic carbocycles. The number of tetrazole rings is 1. The number of rotatable bonds is 5. The molecule has 0 atom stereocenters. The Hall–Kier alpha value is -2.61. The van der Waals surface area contributed by atoms with Crippen molar-refractivity contribution in [2.75, 3.05) is 5.32 Å². The van der Waals surface area contributed by atoms with Gasteiger partial charge in [0.25, 0.3) is 0 Å². The monoisotopic (exact) mass is 403 g/mol. The highest BCUT2D eigenvalue weighted by atomic mass is 79.9. The Labute approximate surface area is 152 Å². The number of anilines is 1. The topological polar surface area (TPSA) is 72.7 Å². The van der Waals surface area contributed by atoms with E-state index in [1.165, 1.54) is 16.8 Å². The first-order valence-corrected chi connectivity index (χ1v) is 8.42. The SMILES string of the molecule is Cc1nnnn1-c1ccc(F)c(NC(=O)CCc2ccccc2Br)c1. The number of benzene rings is 2. The van der Waals surface area contributed by atoms with Crippen molar-refractivity contribution in [2.24, 2.45) is 0 Å². The van der Waals surface area contributed by atoms with E-state index in [2.05, 4.69) is 36.8 Å². The quantitative estimate of drug-likeness (QED) is 0.707. The van der Waals surface area contributed by atoms with Gasteiger partial charge in [-0.15, -0.1) is 5.10 Å². The normalized spacial score (nSPS) is 10.7. The molecule has 25 heavy (non-hydrogen) atoms. The third-order valence-electron chi connectivity index (χ3n) is 3.67. The standard InChI is InChI=1S/C17H15BrFN5O/c1-11-21-22-23-24(11)13-7-8-15(19)16(10-13)20-17(25)9-6-12-4-2-3-5-14(12)18/h2-5,7-8,10H,6,9H2,1H3,(H,20,25). The van der Waals surface area contributed by atoms with Gasteiger partial charge in [0.15, 0.2) is 5.82 Å². The van der Waals surface area contributed by atoms with Gasteiger partial charge >= 0.3 is 0 Å². The van der Waals surface area contributed by atoms with E-state index >= 15 is 0 Å². The maximum absolute atomic E-state index is 14.0. The molecular formula is C17H15BrFN5O. The summed E-state index contributed by atoms with van der Waals surface area (Å²) in [5.41, 5.74) is 1.70. The smallest absolute Gasteiger partial charge is 0.224 e. The number of nitrogens with zero attached hydrogens (tertiary/aromatic N) is 4. The summed E-state index contributed by atoms with van der Waals surface area (Å²) in [4.78, 5) is 12.2. The fourth-order valence-corrected chi connectivity index (χ4v) is 2.86. The van der Waals surface area contributed by atoms with Gasteiger partial charge in [0.05, 0.1) is 11.4 Å². The second kappa shape index (κ2) is 7.52. The van der Waals surface area contributed by atoms with E-state index in [0.717, 1.165) is 10.0 Å². The van der Waals surface area contributed by atoms with Crippen molar-refractivity contribution >= 4 is 27.5 Å². The number of hydrogen-bond donors (Lipinski definition) is 1. The molecule has 2 aromatic carbocycles. The van der Waals surface area contributed by atoms with Crippen LogP contribution < -0.4 is 5.32 Å². The summed E-state index contributed by atoms with van der Waals surface area (Å²) in [6.07, 6.45) is 0.802. The Kier molecular flexibility index (Phi) is 5.18. The van der Waals surface area contributed by atoms with Gasteiger partial charge in [-0.1, -0.05) is 34.1 Å². The first kappa shape index (κ1) is 17.2. The lowest BCUT2D eigenvalue weighted by Crippen LogP contribution is -2.14. The highest BCUT2D eigenvalue weighted by Gasteiger charge is 2.11. The van der Waals surface area contributed by atoms with Gasteiger partial charge in [-0.25, -0.2) is 4.39 Å². The number of amides is 1. The molecule has 3 aromatic rings. The molecule has 8 heteroatoms. The minimum Gasteiger partial charge on any atom is -0.324 e. The first-order chi connectivity index (χ1) is 12.0. The molecule has 1 amide bonds. The Morgan fingerprint density at radius 2 is 2.08 bits per heavy atom. The van der Waals surface area contributed by atoms with Crippen LogP contribution in [0.25, 0.3) is 5.69 Å². The minimum absolute atomic E-state index is 0.101. The van der Waals surface area contributed by atoms with Crippen molar-refractivity contribution in [3.63, 3.8) is 0 Å². The highest BCUT2D eigenvalue weighted by Crippen LogP contribution is 2.21. The number of aromatic nitrogens is 4. The molecule has 0 bridgehead atoms. The maximum Gasteiger partial charge on any atom is 0.224 e. The van der Waals surface area contributed by atoms with E-state index in [0.29, 0.717) is 17.9 Å². The van der Waals surface area contributed by atoms with Gasteiger partial charge in [0.2, 0.25) is 5.91 Å². The maximum atomic E-state index is 14.0. The van der Waals surface area contributed by atoms with Crippen molar-refractivity contribution in [2.45, 2.75) is 19.8 Å². The predicted octanol–water partition coefficient (Wildman–Crippen LogP) is 3.44. The van der Waals surface area contributed by atoms with Crippen LogP contribution in [0.4, 0.5) is 10.1 Å². The van der Waals surface area contributed by atoms with Crippen LogP contribution >= 0.6 is 15.9 Å². The number of aryl methyl sites for hydroxylation is 2. The van der Waals surface area contributed by atoms with Crippen molar-refractivity contribution in [3.05, 3.63) is 64.1 Å². The second-order valence-electron chi connectivity index (χ2n) is 5.44. The second-order valence-corrected chi connectivity index (χ2v) is 6.30. The van der Waals surface area contributed by atoms with E-state index < -0.39 is 5.82 Å². The Balaban J connectivity index is 1.71. The van der Waals surface area contributed by atoms with Gasteiger partial charge in [0.1, 0.15) is 5.82 Å². The molecule has 0 aliphatic rings. The number of halogens is 2. The van der Waals surface area contributed by atoms with E-state index in [9.17, 15) is 9.18 Å². The van der Waals surface area contributed by atoms with E-state index in [-0.39, 0.29) is 18.0 Å². The molecule has 128 valence electrons. The van der Waals surface area contributed by atoms with Crippen LogP contribution in [-0.4, -0.2) is 26.1 Å². The largest absolute Gasteiger partial charge is 0.324 e. The average molecular weight is 404 g/mol. The highest BCUT2D eigenvalue weighted by molar-refractivity contribution is 9.10. The zero-order chi connectivity index (χ0) is 17.8. The van der Waals surface area contributed by atoms with Crippen LogP contribution in [-0.2, 0) is 11.2 Å². The van der Waals surface area contributed by atoms with Gasteiger partial charge < -0.3 is 5.32 Å². The molecule has 3 rings (SSSR count). The van der Waals surface area contributed by atoms with Crippen molar-refractivity contribution in [1.29, 1.82) is 0 Å². The fourth-order valence-electron chi connectivity index (χ4n) is 2.37. The van der Waals surface area contributed by atoms with Gasteiger partial charge in [-0.05, 0) is 53.6 Å². The number of carbonyl (C=O) groups excluding carboxylic acids is 1. The summed E-state index contributed by atoms with van der Waals surface area (Å²) in [5.74, 6) is -0.207. The van der Waals surface area contributed by atoms with Crippen LogP contribution in [0.15, 0.2) is 46.9 Å².